The molecule has 5 nitrogen and oxygen atoms in total. The van der Waals surface area contributed by atoms with Gasteiger partial charge in [0.15, 0.2) is 5.84 Å². The highest BCUT2D eigenvalue weighted by Crippen LogP contribution is 2.12. The van der Waals surface area contributed by atoms with Gasteiger partial charge in [-0.1, -0.05) is 25.4 Å². The standard InChI is InChI=1S/C15H25N3O2/c1-3-5-10-18(4-2)11-12-20-14-8-6-13(7-9-14)15(16)17-19/h6-9,19H,3-5,10-12H2,1-2H3,(H2,16,17). The van der Waals surface area contributed by atoms with Crippen molar-refractivity contribution in [1.29, 1.82) is 0 Å². The van der Waals surface area contributed by atoms with E-state index in [1.807, 2.05) is 12.1 Å². The van der Waals surface area contributed by atoms with Gasteiger partial charge in [-0.25, -0.2) is 0 Å². The van der Waals surface area contributed by atoms with Crippen LogP contribution in [0, 0.1) is 0 Å². The fraction of sp³-hybridized carbons (Fsp3) is 0.533. The van der Waals surface area contributed by atoms with Crippen LogP contribution in [0.3, 0.4) is 0 Å². The Morgan fingerprint density at radius 1 is 1.25 bits per heavy atom. The van der Waals surface area contributed by atoms with Crippen molar-refractivity contribution in [3.8, 4) is 5.75 Å². The maximum absolute atomic E-state index is 8.58. The van der Waals surface area contributed by atoms with Gasteiger partial charge in [0.2, 0.25) is 0 Å². The first kappa shape index (κ1) is 16.3. The highest BCUT2D eigenvalue weighted by atomic mass is 16.5. The van der Waals surface area contributed by atoms with E-state index >= 15 is 0 Å². The Morgan fingerprint density at radius 3 is 2.50 bits per heavy atom. The van der Waals surface area contributed by atoms with Gasteiger partial charge in [0, 0.05) is 12.1 Å². The van der Waals surface area contributed by atoms with Crippen molar-refractivity contribution in [1.82, 2.24) is 4.90 Å². The maximum Gasteiger partial charge on any atom is 0.170 e. The number of nitrogens with two attached hydrogens (primary N) is 1. The van der Waals surface area contributed by atoms with Gasteiger partial charge in [0.05, 0.1) is 0 Å². The summed E-state index contributed by atoms with van der Waals surface area (Å²) in [4.78, 5) is 2.38. The van der Waals surface area contributed by atoms with E-state index in [4.69, 9.17) is 15.7 Å². The zero-order valence-electron chi connectivity index (χ0n) is 12.4. The molecular weight excluding hydrogens is 254 g/mol. The van der Waals surface area contributed by atoms with Gasteiger partial charge in [-0.2, -0.15) is 0 Å². The largest absolute Gasteiger partial charge is 0.492 e. The topological polar surface area (TPSA) is 71.1 Å². The molecule has 0 aliphatic carbocycles. The smallest absolute Gasteiger partial charge is 0.170 e. The maximum atomic E-state index is 8.58. The van der Waals surface area contributed by atoms with Crippen molar-refractivity contribution in [3.63, 3.8) is 0 Å². The first-order chi connectivity index (χ1) is 9.71. The van der Waals surface area contributed by atoms with E-state index in [9.17, 15) is 0 Å². The van der Waals surface area contributed by atoms with Crippen LogP contribution in [-0.2, 0) is 0 Å². The molecule has 1 aromatic rings. The van der Waals surface area contributed by atoms with Gasteiger partial charge in [0.25, 0.3) is 0 Å². The Labute approximate surface area is 121 Å². The zero-order chi connectivity index (χ0) is 14.8. The molecule has 3 N–H and O–H groups in total. The molecule has 5 heteroatoms. The summed E-state index contributed by atoms with van der Waals surface area (Å²) in [5.74, 6) is 0.902. The Bertz CT molecular complexity index is 404. The van der Waals surface area contributed by atoms with E-state index in [2.05, 4.69) is 23.9 Å². The molecular formula is C15H25N3O2. The number of amidine groups is 1. The average Bonchev–Trinajstić information content (AvgIpc) is 2.50. The van der Waals surface area contributed by atoms with E-state index in [0.29, 0.717) is 12.2 Å². The van der Waals surface area contributed by atoms with Gasteiger partial charge in [-0.3, -0.25) is 0 Å². The molecule has 0 aliphatic heterocycles. The number of ether oxygens (including phenoxy) is 1. The predicted octanol–water partition coefficient (Wildman–Crippen LogP) is 2.28. The number of benzene rings is 1. The van der Waals surface area contributed by atoms with Crippen molar-refractivity contribution < 1.29 is 9.94 Å². The minimum Gasteiger partial charge on any atom is -0.492 e. The molecule has 20 heavy (non-hydrogen) atoms. The molecule has 0 spiro atoms. The summed E-state index contributed by atoms with van der Waals surface area (Å²) < 4.78 is 5.70. The van der Waals surface area contributed by atoms with Crippen molar-refractivity contribution in [2.75, 3.05) is 26.2 Å². The molecule has 0 fully saturated rings. The summed E-state index contributed by atoms with van der Waals surface area (Å²) in [5, 5.41) is 11.5. The fourth-order valence-corrected chi connectivity index (χ4v) is 1.88. The fourth-order valence-electron chi connectivity index (χ4n) is 1.88. The third kappa shape index (κ3) is 5.48. The van der Waals surface area contributed by atoms with Gasteiger partial charge in [0.1, 0.15) is 12.4 Å². The van der Waals surface area contributed by atoms with Crippen LogP contribution < -0.4 is 10.5 Å². The lowest BCUT2D eigenvalue weighted by Gasteiger charge is -2.20. The molecule has 0 radical (unpaired) electrons. The second-order valence-corrected chi connectivity index (χ2v) is 4.65. The van der Waals surface area contributed by atoms with Crippen LogP contribution in [0.5, 0.6) is 5.75 Å². The summed E-state index contributed by atoms with van der Waals surface area (Å²) in [5.41, 5.74) is 6.18. The van der Waals surface area contributed by atoms with Crippen molar-refractivity contribution in [2.24, 2.45) is 10.9 Å². The highest BCUT2D eigenvalue weighted by Gasteiger charge is 2.03. The molecule has 0 saturated carbocycles. The average molecular weight is 279 g/mol. The third-order valence-electron chi connectivity index (χ3n) is 3.21. The van der Waals surface area contributed by atoms with Crippen molar-refractivity contribution in [2.45, 2.75) is 26.7 Å². The van der Waals surface area contributed by atoms with E-state index in [1.165, 1.54) is 12.8 Å². The molecule has 1 rings (SSSR count). The normalized spacial score (nSPS) is 11.8. The summed E-state index contributed by atoms with van der Waals surface area (Å²) >= 11 is 0. The van der Waals surface area contributed by atoms with E-state index in [0.717, 1.165) is 25.4 Å². The molecule has 0 aliphatic rings. The van der Waals surface area contributed by atoms with Crippen LogP contribution in [0.15, 0.2) is 29.4 Å². The summed E-state index contributed by atoms with van der Waals surface area (Å²) in [6, 6.07) is 7.21. The van der Waals surface area contributed by atoms with Crippen LogP contribution in [-0.4, -0.2) is 42.2 Å². The second kappa shape index (κ2) is 9.20. The molecule has 0 amide bonds. The first-order valence-corrected chi connectivity index (χ1v) is 7.14. The number of hydrogen-bond acceptors (Lipinski definition) is 4. The lowest BCUT2D eigenvalue weighted by molar-refractivity contribution is 0.213. The molecule has 0 unspecified atom stereocenters. The highest BCUT2D eigenvalue weighted by molar-refractivity contribution is 5.97. The summed E-state index contributed by atoms with van der Waals surface area (Å²) in [6.45, 7) is 8.14. The van der Waals surface area contributed by atoms with Crippen LogP contribution in [0.25, 0.3) is 0 Å². The van der Waals surface area contributed by atoms with Gasteiger partial charge in [-0.15, -0.1) is 0 Å². The number of hydrogen-bond donors (Lipinski definition) is 2. The minimum atomic E-state index is 0.105. The van der Waals surface area contributed by atoms with Gasteiger partial charge in [-0.05, 0) is 43.8 Å². The monoisotopic (exact) mass is 279 g/mol. The SMILES string of the molecule is CCCCN(CC)CCOc1ccc(/C(N)=N/O)cc1. The molecule has 1 aromatic carbocycles. The molecule has 0 saturated heterocycles. The number of nitrogens with zero attached hydrogens (tertiary/aromatic N) is 2. The van der Waals surface area contributed by atoms with Gasteiger partial charge < -0.3 is 20.6 Å². The quantitative estimate of drug-likeness (QED) is 0.315. The second-order valence-electron chi connectivity index (χ2n) is 4.65. The van der Waals surface area contributed by atoms with Crippen LogP contribution >= 0.6 is 0 Å². The molecule has 112 valence electrons. The Balaban J connectivity index is 2.38. The lowest BCUT2D eigenvalue weighted by atomic mass is 10.2. The first-order valence-electron chi connectivity index (χ1n) is 7.14. The van der Waals surface area contributed by atoms with Crippen LogP contribution in [0.2, 0.25) is 0 Å². The summed E-state index contributed by atoms with van der Waals surface area (Å²) in [7, 11) is 0. The molecule has 0 heterocycles. The van der Waals surface area contributed by atoms with E-state index < -0.39 is 0 Å². The van der Waals surface area contributed by atoms with Gasteiger partial charge >= 0.3 is 0 Å². The van der Waals surface area contributed by atoms with Crippen molar-refractivity contribution >= 4 is 5.84 Å². The zero-order valence-corrected chi connectivity index (χ0v) is 12.4. The Kier molecular flexibility index (Phi) is 7.50. The van der Waals surface area contributed by atoms with E-state index in [1.54, 1.807) is 12.1 Å². The van der Waals surface area contributed by atoms with Crippen LogP contribution in [0.4, 0.5) is 0 Å². The predicted molar refractivity (Wildman–Crippen MR) is 81.5 cm³/mol. The number of unbranched alkanes of at least 4 members (excludes halogenated alkanes) is 1. The number of oxime groups is 1. The Morgan fingerprint density at radius 2 is 1.95 bits per heavy atom. The number of likely N-dealkylation sites (N-methyl/N-ethyl adjacent to an activating group) is 1. The third-order valence-corrected chi connectivity index (χ3v) is 3.21. The van der Waals surface area contributed by atoms with Crippen molar-refractivity contribution in [3.05, 3.63) is 29.8 Å². The molecule has 0 bridgehead atoms. The number of rotatable bonds is 9. The van der Waals surface area contributed by atoms with E-state index in [-0.39, 0.29) is 5.84 Å². The summed E-state index contributed by atoms with van der Waals surface area (Å²) in [6.07, 6.45) is 2.44. The lowest BCUT2D eigenvalue weighted by Crippen LogP contribution is -2.29. The molecule has 0 atom stereocenters. The Hall–Kier alpha value is -1.75. The molecule has 0 aromatic heterocycles. The van der Waals surface area contributed by atoms with Crippen LogP contribution in [0.1, 0.15) is 32.3 Å². The minimum absolute atomic E-state index is 0.105.